The largest absolute Gasteiger partial charge is 0.493 e. The number of rotatable bonds is 13. The van der Waals surface area contributed by atoms with E-state index in [0.717, 1.165) is 9.87 Å². The van der Waals surface area contributed by atoms with Crippen molar-refractivity contribution in [2.75, 3.05) is 25.1 Å². The second-order valence-corrected chi connectivity index (χ2v) is 12.4. The number of carbonyl (C=O) groups excluding carboxylic acids is 2. The molecule has 1 N–H and O–H groups in total. The van der Waals surface area contributed by atoms with Crippen molar-refractivity contribution < 1.29 is 27.5 Å². The molecule has 226 valence electrons. The molecule has 0 aliphatic carbocycles. The lowest BCUT2D eigenvalue weighted by atomic mass is 10.1. The maximum absolute atomic E-state index is 14.1. The van der Waals surface area contributed by atoms with Crippen molar-refractivity contribution in [2.45, 2.75) is 50.7 Å². The van der Waals surface area contributed by atoms with Crippen LogP contribution in [-0.2, 0) is 26.2 Å². The van der Waals surface area contributed by atoms with Gasteiger partial charge in [-0.1, -0.05) is 42.3 Å². The van der Waals surface area contributed by atoms with Crippen molar-refractivity contribution in [2.24, 2.45) is 0 Å². The van der Waals surface area contributed by atoms with Gasteiger partial charge in [0.1, 0.15) is 12.6 Å². The van der Waals surface area contributed by atoms with Crippen molar-refractivity contribution in [3.63, 3.8) is 0 Å². The first-order chi connectivity index (χ1) is 19.9. The molecule has 9 nitrogen and oxygen atoms in total. The zero-order valence-corrected chi connectivity index (χ0v) is 26.5. The first-order valence-electron chi connectivity index (χ1n) is 13.3. The van der Waals surface area contributed by atoms with Crippen LogP contribution in [0.3, 0.4) is 0 Å². The molecule has 3 aromatic rings. The molecule has 0 heterocycles. The van der Waals surface area contributed by atoms with Gasteiger partial charge in [-0.15, -0.1) is 0 Å². The summed E-state index contributed by atoms with van der Waals surface area (Å²) in [4.78, 5) is 28.4. The lowest BCUT2D eigenvalue weighted by Gasteiger charge is -2.32. The molecule has 0 unspecified atom stereocenters. The third-order valence-corrected chi connectivity index (χ3v) is 9.04. The number of halogens is 2. The van der Waals surface area contributed by atoms with Crippen LogP contribution in [-0.4, -0.2) is 58.0 Å². The first-order valence-corrected chi connectivity index (χ1v) is 15.5. The third kappa shape index (κ3) is 8.08. The molecule has 42 heavy (non-hydrogen) atoms. The summed E-state index contributed by atoms with van der Waals surface area (Å²) in [5.74, 6) is -0.385. The standard InChI is InChI=1S/C30H35Cl2N3O6S/c1-6-20(2)33-30(37)21(3)34(18-22-7-9-23(31)10-8-22)29(36)19-35(25-13-11-24(32)12-14-25)42(38,39)26-15-16-27(40-4)28(17-26)41-5/h7-17,20-21H,6,18-19H2,1-5H3,(H,33,37)/t20-,21+/m1/s1. The highest BCUT2D eigenvalue weighted by atomic mass is 35.5. The van der Waals surface area contributed by atoms with E-state index in [1.54, 1.807) is 31.2 Å². The van der Waals surface area contributed by atoms with Crippen LogP contribution < -0.4 is 19.1 Å². The molecule has 0 aliphatic heterocycles. The van der Waals surface area contributed by atoms with Gasteiger partial charge in [0, 0.05) is 28.7 Å². The van der Waals surface area contributed by atoms with Crippen LogP contribution in [0.15, 0.2) is 71.6 Å². The van der Waals surface area contributed by atoms with E-state index in [0.29, 0.717) is 22.2 Å². The molecule has 0 saturated heterocycles. The topological polar surface area (TPSA) is 105 Å². The van der Waals surface area contributed by atoms with Crippen molar-refractivity contribution in [3.8, 4) is 11.5 Å². The number of amides is 2. The van der Waals surface area contributed by atoms with Gasteiger partial charge in [0.25, 0.3) is 10.0 Å². The summed E-state index contributed by atoms with van der Waals surface area (Å²) in [5, 5.41) is 3.82. The molecular weight excluding hydrogens is 601 g/mol. The van der Waals surface area contributed by atoms with Gasteiger partial charge in [0.05, 0.1) is 24.8 Å². The van der Waals surface area contributed by atoms with E-state index in [1.807, 2.05) is 13.8 Å². The number of sulfonamides is 1. The SMILES string of the molecule is CC[C@@H](C)NC(=O)[C@H](C)N(Cc1ccc(Cl)cc1)C(=O)CN(c1ccc(Cl)cc1)S(=O)(=O)c1ccc(OC)c(OC)c1. The summed E-state index contributed by atoms with van der Waals surface area (Å²) in [6.07, 6.45) is 0.706. The summed E-state index contributed by atoms with van der Waals surface area (Å²) in [6.45, 7) is 4.88. The number of methoxy groups -OCH3 is 2. The van der Waals surface area contributed by atoms with Gasteiger partial charge in [-0.3, -0.25) is 13.9 Å². The zero-order chi connectivity index (χ0) is 31.0. The Hall–Kier alpha value is -3.47. The normalized spacial score (nSPS) is 12.6. The molecule has 3 rings (SSSR count). The van der Waals surface area contributed by atoms with Gasteiger partial charge >= 0.3 is 0 Å². The number of hydrogen-bond donors (Lipinski definition) is 1. The van der Waals surface area contributed by atoms with Crippen molar-refractivity contribution in [3.05, 3.63) is 82.3 Å². The molecule has 2 amide bonds. The molecule has 0 spiro atoms. The fourth-order valence-corrected chi connectivity index (χ4v) is 5.76. The number of nitrogens with one attached hydrogen (secondary N) is 1. The number of ether oxygens (including phenoxy) is 2. The smallest absolute Gasteiger partial charge is 0.264 e. The van der Waals surface area contributed by atoms with Crippen LogP contribution in [0, 0.1) is 0 Å². The van der Waals surface area contributed by atoms with Crippen molar-refractivity contribution >= 4 is 50.7 Å². The van der Waals surface area contributed by atoms with Crippen molar-refractivity contribution in [1.29, 1.82) is 0 Å². The van der Waals surface area contributed by atoms with Crippen LogP contribution in [0.4, 0.5) is 5.69 Å². The van der Waals surface area contributed by atoms with E-state index in [2.05, 4.69) is 5.32 Å². The summed E-state index contributed by atoms with van der Waals surface area (Å²) in [6, 6.07) is 16.1. The molecule has 0 aromatic heterocycles. The van der Waals surface area contributed by atoms with Crippen LogP contribution in [0.25, 0.3) is 0 Å². The molecule has 2 atom stereocenters. The van der Waals surface area contributed by atoms with Crippen LogP contribution in [0.5, 0.6) is 11.5 Å². The maximum atomic E-state index is 14.1. The molecule has 12 heteroatoms. The Balaban J connectivity index is 2.06. The quantitative estimate of drug-likeness (QED) is 0.264. The number of nitrogens with zero attached hydrogens (tertiary/aromatic N) is 2. The second kappa shape index (κ2) is 14.6. The monoisotopic (exact) mass is 635 g/mol. The van der Waals surface area contributed by atoms with Crippen LogP contribution in [0.1, 0.15) is 32.8 Å². The van der Waals surface area contributed by atoms with Gasteiger partial charge in [0.2, 0.25) is 11.8 Å². The van der Waals surface area contributed by atoms with E-state index in [-0.39, 0.29) is 34.8 Å². The molecular formula is C30H35Cl2N3O6S. The predicted octanol–water partition coefficient (Wildman–Crippen LogP) is 5.54. The molecule has 0 radical (unpaired) electrons. The first kappa shape index (κ1) is 33.0. The molecule has 0 bridgehead atoms. The van der Waals surface area contributed by atoms with E-state index in [1.165, 1.54) is 61.6 Å². The molecule has 0 saturated carbocycles. The summed E-state index contributed by atoms with van der Waals surface area (Å²) in [7, 11) is -1.47. The Morgan fingerprint density at radius 2 is 1.45 bits per heavy atom. The number of carbonyl (C=O) groups is 2. The van der Waals surface area contributed by atoms with Crippen molar-refractivity contribution in [1.82, 2.24) is 10.2 Å². The molecule has 0 aliphatic rings. The van der Waals surface area contributed by atoms with Crippen LogP contribution >= 0.6 is 23.2 Å². The van der Waals surface area contributed by atoms with Gasteiger partial charge in [-0.25, -0.2) is 8.42 Å². The van der Waals surface area contributed by atoms with Gasteiger partial charge in [-0.2, -0.15) is 0 Å². The molecule has 0 fully saturated rings. The lowest BCUT2D eigenvalue weighted by molar-refractivity contribution is -0.139. The number of hydrogen-bond acceptors (Lipinski definition) is 6. The average Bonchev–Trinajstić information content (AvgIpc) is 2.98. The van der Waals surface area contributed by atoms with Gasteiger partial charge in [0.15, 0.2) is 11.5 Å². The second-order valence-electron chi connectivity index (χ2n) is 9.65. The van der Waals surface area contributed by atoms with Gasteiger partial charge < -0.3 is 19.7 Å². The third-order valence-electron chi connectivity index (χ3n) is 6.77. The Morgan fingerprint density at radius 3 is 2.00 bits per heavy atom. The fourth-order valence-electron chi connectivity index (χ4n) is 4.07. The fraction of sp³-hybridized carbons (Fsp3) is 0.333. The highest BCUT2D eigenvalue weighted by Crippen LogP contribution is 2.32. The average molecular weight is 637 g/mol. The predicted molar refractivity (Wildman–Crippen MR) is 165 cm³/mol. The van der Waals surface area contributed by atoms with Crippen LogP contribution in [0.2, 0.25) is 10.0 Å². The summed E-state index contributed by atoms with van der Waals surface area (Å²) >= 11 is 12.1. The Labute approximate surface area is 257 Å². The highest BCUT2D eigenvalue weighted by molar-refractivity contribution is 7.92. The lowest BCUT2D eigenvalue weighted by Crippen LogP contribution is -2.52. The van der Waals surface area contributed by atoms with E-state index < -0.39 is 28.5 Å². The van der Waals surface area contributed by atoms with E-state index in [9.17, 15) is 18.0 Å². The van der Waals surface area contributed by atoms with E-state index in [4.69, 9.17) is 32.7 Å². The summed E-state index contributed by atoms with van der Waals surface area (Å²) < 4.78 is 39.7. The summed E-state index contributed by atoms with van der Waals surface area (Å²) in [5.41, 5.74) is 0.933. The minimum Gasteiger partial charge on any atom is -0.493 e. The number of anilines is 1. The number of benzene rings is 3. The Morgan fingerprint density at radius 1 is 0.881 bits per heavy atom. The Kier molecular flexibility index (Phi) is 11.5. The maximum Gasteiger partial charge on any atom is 0.264 e. The Bertz CT molecular complexity index is 1480. The minimum absolute atomic E-state index is 0.0515. The molecule has 3 aromatic carbocycles. The van der Waals surface area contributed by atoms with Gasteiger partial charge in [-0.05, 0) is 74.4 Å². The minimum atomic E-state index is -4.31. The highest BCUT2D eigenvalue weighted by Gasteiger charge is 2.33. The zero-order valence-electron chi connectivity index (χ0n) is 24.1. The van der Waals surface area contributed by atoms with E-state index >= 15 is 0 Å².